The Hall–Kier alpha value is -1.24. The van der Waals surface area contributed by atoms with Crippen molar-refractivity contribution in [3.63, 3.8) is 0 Å². The van der Waals surface area contributed by atoms with Crippen LogP contribution in [0.2, 0.25) is 0 Å². The molecule has 1 heterocycles. The highest BCUT2D eigenvalue weighted by molar-refractivity contribution is 5.57. The van der Waals surface area contributed by atoms with E-state index in [4.69, 9.17) is 0 Å². The standard InChI is InChI=1S/C16H23N.CH4/c1-4-13(3)15-8-9-16(14(5-2)12-15)17-10-6-7-11-17;/h6-9,12-13H,4-5,10-11H2,1-3H3;1H4. The number of hydrogen-bond donors (Lipinski definition) is 0. The predicted molar refractivity (Wildman–Crippen MR) is 82.6 cm³/mol. The van der Waals surface area contributed by atoms with Gasteiger partial charge in [0.25, 0.3) is 0 Å². The molecule has 0 bridgehead atoms. The Labute approximate surface area is 113 Å². The summed E-state index contributed by atoms with van der Waals surface area (Å²) in [6.07, 6.45) is 6.84. The van der Waals surface area contributed by atoms with Crippen LogP contribution in [-0.4, -0.2) is 13.1 Å². The van der Waals surface area contributed by atoms with E-state index < -0.39 is 0 Å². The van der Waals surface area contributed by atoms with E-state index in [0.717, 1.165) is 19.5 Å². The third-order valence-corrected chi connectivity index (χ3v) is 3.82. The molecule has 1 unspecified atom stereocenters. The van der Waals surface area contributed by atoms with Crippen molar-refractivity contribution < 1.29 is 0 Å². The molecule has 18 heavy (non-hydrogen) atoms. The topological polar surface area (TPSA) is 3.24 Å². The zero-order valence-corrected chi connectivity index (χ0v) is 11.2. The van der Waals surface area contributed by atoms with Gasteiger partial charge in [0.15, 0.2) is 0 Å². The Morgan fingerprint density at radius 3 is 2.39 bits per heavy atom. The highest BCUT2D eigenvalue weighted by Crippen LogP contribution is 2.28. The van der Waals surface area contributed by atoms with Crippen LogP contribution in [0.25, 0.3) is 0 Å². The normalized spacial score (nSPS) is 15.6. The van der Waals surface area contributed by atoms with Crippen LogP contribution >= 0.6 is 0 Å². The molecule has 1 aromatic carbocycles. The summed E-state index contributed by atoms with van der Waals surface area (Å²) in [7, 11) is 0. The molecule has 0 saturated heterocycles. The summed E-state index contributed by atoms with van der Waals surface area (Å²) in [5.41, 5.74) is 4.40. The Balaban J connectivity index is 0.00000162. The molecule has 0 aromatic heterocycles. The summed E-state index contributed by atoms with van der Waals surface area (Å²) in [5.74, 6) is 0.672. The second kappa shape index (κ2) is 6.63. The lowest BCUT2D eigenvalue weighted by Gasteiger charge is -2.22. The van der Waals surface area contributed by atoms with Crippen LogP contribution in [0.5, 0.6) is 0 Å². The van der Waals surface area contributed by atoms with Crippen LogP contribution in [0.3, 0.4) is 0 Å². The van der Waals surface area contributed by atoms with E-state index in [0.29, 0.717) is 5.92 Å². The van der Waals surface area contributed by atoms with Gasteiger partial charge in [-0.3, -0.25) is 0 Å². The lowest BCUT2D eigenvalue weighted by Crippen LogP contribution is -2.20. The highest BCUT2D eigenvalue weighted by atomic mass is 15.1. The molecule has 100 valence electrons. The highest BCUT2D eigenvalue weighted by Gasteiger charge is 2.13. The van der Waals surface area contributed by atoms with Gasteiger partial charge in [-0.1, -0.05) is 52.5 Å². The molecule has 0 spiro atoms. The number of benzene rings is 1. The first-order valence-electron chi connectivity index (χ1n) is 6.79. The van der Waals surface area contributed by atoms with Crippen LogP contribution in [0.1, 0.15) is 51.7 Å². The average molecular weight is 245 g/mol. The van der Waals surface area contributed by atoms with Gasteiger partial charge in [-0.2, -0.15) is 0 Å². The summed E-state index contributed by atoms with van der Waals surface area (Å²) in [4.78, 5) is 2.44. The number of rotatable bonds is 4. The van der Waals surface area contributed by atoms with E-state index in [-0.39, 0.29) is 7.43 Å². The number of aryl methyl sites for hydroxylation is 1. The van der Waals surface area contributed by atoms with Crippen LogP contribution in [0.4, 0.5) is 5.69 Å². The smallest absolute Gasteiger partial charge is 0.0404 e. The van der Waals surface area contributed by atoms with E-state index in [1.54, 1.807) is 0 Å². The maximum Gasteiger partial charge on any atom is 0.0404 e. The molecular weight excluding hydrogens is 218 g/mol. The second-order valence-electron chi connectivity index (χ2n) is 4.93. The zero-order valence-electron chi connectivity index (χ0n) is 11.2. The molecule has 0 amide bonds. The van der Waals surface area contributed by atoms with Crippen molar-refractivity contribution in [3.05, 3.63) is 41.5 Å². The van der Waals surface area contributed by atoms with E-state index in [1.165, 1.54) is 23.2 Å². The molecule has 1 aromatic rings. The van der Waals surface area contributed by atoms with Crippen molar-refractivity contribution in [3.8, 4) is 0 Å². The Kier molecular flexibility index (Phi) is 5.46. The summed E-state index contributed by atoms with van der Waals surface area (Å²) >= 11 is 0. The number of hydrogen-bond acceptors (Lipinski definition) is 1. The molecule has 0 saturated carbocycles. The number of nitrogens with zero attached hydrogens (tertiary/aromatic N) is 1. The van der Waals surface area contributed by atoms with E-state index in [1.807, 2.05) is 0 Å². The molecule has 1 atom stereocenters. The van der Waals surface area contributed by atoms with Crippen molar-refractivity contribution in [2.45, 2.75) is 47.0 Å². The zero-order chi connectivity index (χ0) is 12.3. The van der Waals surface area contributed by atoms with Crippen LogP contribution in [0.15, 0.2) is 30.4 Å². The molecule has 1 aliphatic heterocycles. The molecular formula is C17H27N. The molecule has 1 heteroatoms. The molecule has 0 fully saturated rings. The fraction of sp³-hybridized carbons (Fsp3) is 0.529. The minimum atomic E-state index is 0. The molecule has 0 N–H and O–H groups in total. The quantitative estimate of drug-likeness (QED) is 0.690. The van der Waals surface area contributed by atoms with Gasteiger partial charge in [-0.05, 0) is 36.0 Å². The van der Waals surface area contributed by atoms with Gasteiger partial charge in [0.1, 0.15) is 0 Å². The van der Waals surface area contributed by atoms with Gasteiger partial charge < -0.3 is 4.90 Å². The summed E-state index contributed by atoms with van der Waals surface area (Å²) in [5, 5.41) is 0. The Morgan fingerprint density at radius 2 is 1.83 bits per heavy atom. The summed E-state index contributed by atoms with van der Waals surface area (Å²) < 4.78 is 0. The van der Waals surface area contributed by atoms with Gasteiger partial charge in [0.05, 0.1) is 0 Å². The first-order chi connectivity index (χ1) is 8.26. The fourth-order valence-corrected chi connectivity index (χ4v) is 2.41. The first kappa shape index (κ1) is 14.8. The first-order valence-corrected chi connectivity index (χ1v) is 6.79. The molecule has 0 aliphatic carbocycles. The SMILES string of the molecule is C.CCc1cc(C(C)CC)ccc1N1CC=CC1. The number of anilines is 1. The van der Waals surface area contributed by atoms with E-state index >= 15 is 0 Å². The third kappa shape index (κ3) is 2.95. The van der Waals surface area contributed by atoms with Crippen molar-refractivity contribution in [2.24, 2.45) is 0 Å². The van der Waals surface area contributed by atoms with E-state index in [9.17, 15) is 0 Å². The predicted octanol–water partition coefficient (Wildman–Crippen LogP) is 4.77. The van der Waals surface area contributed by atoms with Gasteiger partial charge in [-0.15, -0.1) is 0 Å². The van der Waals surface area contributed by atoms with Crippen molar-refractivity contribution in [1.29, 1.82) is 0 Å². The fourth-order valence-electron chi connectivity index (χ4n) is 2.41. The molecule has 2 rings (SSSR count). The van der Waals surface area contributed by atoms with Crippen molar-refractivity contribution >= 4 is 5.69 Å². The van der Waals surface area contributed by atoms with E-state index in [2.05, 4.69) is 56.0 Å². The lowest BCUT2D eigenvalue weighted by atomic mass is 9.95. The Morgan fingerprint density at radius 1 is 1.17 bits per heavy atom. The average Bonchev–Trinajstić information content (AvgIpc) is 2.90. The third-order valence-electron chi connectivity index (χ3n) is 3.82. The maximum absolute atomic E-state index is 2.44. The lowest BCUT2D eigenvalue weighted by molar-refractivity contribution is 0.731. The van der Waals surface area contributed by atoms with Crippen molar-refractivity contribution in [1.82, 2.24) is 0 Å². The van der Waals surface area contributed by atoms with Gasteiger partial charge >= 0.3 is 0 Å². The molecule has 1 nitrogen and oxygen atoms in total. The van der Waals surface area contributed by atoms with Crippen LogP contribution in [0, 0.1) is 0 Å². The van der Waals surface area contributed by atoms with Gasteiger partial charge in [0, 0.05) is 18.8 Å². The minimum absolute atomic E-state index is 0. The van der Waals surface area contributed by atoms with Crippen molar-refractivity contribution in [2.75, 3.05) is 18.0 Å². The van der Waals surface area contributed by atoms with Gasteiger partial charge in [-0.25, -0.2) is 0 Å². The summed E-state index contributed by atoms with van der Waals surface area (Å²) in [6.45, 7) is 8.95. The Bertz CT molecular complexity index is 398. The summed E-state index contributed by atoms with van der Waals surface area (Å²) in [6, 6.07) is 7.02. The monoisotopic (exact) mass is 245 g/mol. The maximum atomic E-state index is 2.44. The van der Waals surface area contributed by atoms with Crippen LogP contribution in [-0.2, 0) is 6.42 Å². The molecule has 1 aliphatic rings. The molecule has 0 radical (unpaired) electrons. The van der Waals surface area contributed by atoms with Gasteiger partial charge in [0.2, 0.25) is 0 Å². The van der Waals surface area contributed by atoms with Crippen LogP contribution < -0.4 is 4.90 Å². The minimum Gasteiger partial charge on any atom is -0.364 e. The largest absolute Gasteiger partial charge is 0.364 e. The second-order valence-corrected chi connectivity index (χ2v) is 4.93.